The second kappa shape index (κ2) is 7.19. The molecule has 0 amide bonds. The Morgan fingerprint density at radius 2 is 2.19 bits per heavy atom. The lowest BCUT2D eigenvalue weighted by Crippen LogP contribution is -2.16. The molecule has 112 valence electrons. The van der Waals surface area contributed by atoms with Crippen molar-refractivity contribution in [2.24, 2.45) is 0 Å². The van der Waals surface area contributed by atoms with Crippen molar-refractivity contribution in [3.05, 3.63) is 40.4 Å². The smallest absolute Gasteiger partial charge is 0.186 e. The molecule has 1 aromatic heterocycles. The molecule has 1 aromatic carbocycles. The van der Waals surface area contributed by atoms with E-state index in [1.807, 2.05) is 36.2 Å². The predicted octanol–water partition coefficient (Wildman–Crippen LogP) is 2.75. The quantitative estimate of drug-likeness (QED) is 0.736. The van der Waals surface area contributed by atoms with Crippen LogP contribution in [0.2, 0.25) is 0 Å². The van der Waals surface area contributed by atoms with Crippen LogP contribution in [0.25, 0.3) is 0 Å². The van der Waals surface area contributed by atoms with Crippen molar-refractivity contribution in [1.29, 1.82) is 0 Å². The van der Waals surface area contributed by atoms with Crippen LogP contribution in [0.3, 0.4) is 0 Å². The third kappa shape index (κ3) is 3.80. The molecule has 5 nitrogen and oxygen atoms in total. The summed E-state index contributed by atoms with van der Waals surface area (Å²) in [5, 5.41) is 0.798. The Bertz CT molecular complexity index is 613. The highest BCUT2D eigenvalue weighted by atomic mass is 32.1. The van der Waals surface area contributed by atoms with Crippen LogP contribution in [-0.4, -0.2) is 32.5 Å². The van der Waals surface area contributed by atoms with Crippen LogP contribution in [0.1, 0.15) is 20.9 Å². The van der Waals surface area contributed by atoms with Gasteiger partial charge in [-0.2, -0.15) is 0 Å². The number of aldehydes is 1. The molecule has 2 aromatic rings. The van der Waals surface area contributed by atoms with Crippen molar-refractivity contribution >= 4 is 22.8 Å². The first-order chi connectivity index (χ1) is 10.2. The number of thiazole rings is 1. The third-order valence-electron chi connectivity index (χ3n) is 2.98. The first-order valence-electron chi connectivity index (χ1n) is 6.45. The fourth-order valence-corrected chi connectivity index (χ4v) is 2.80. The number of carbonyl (C=O) groups excluding carboxylic acids is 1. The zero-order valence-electron chi connectivity index (χ0n) is 12.3. The molecule has 0 radical (unpaired) electrons. The van der Waals surface area contributed by atoms with Gasteiger partial charge in [-0.25, -0.2) is 4.98 Å². The fourth-order valence-electron chi connectivity index (χ4n) is 1.96. The minimum Gasteiger partial charge on any atom is -0.497 e. The molecule has 0 fully saturated rings. The first-order valence-corrected chi connectivity index (χ1v) is 7.27. The lowest BCUT2D eigenvalue weighted by atomic mass is 10.2. The van der Waals surface area contributed by atoms with Crippen LogP contribution in [0.5, 0.6) is 5.75 Å². The van der Waals surface area contributed by atoms with Gasteiger partial charge in [0.2, 0.25) is 0 Å². The van der Waals surface area contributed by atoms with Gasteiger partial charge in [-0.3, -0.25) is 4.79 Å². The largest absolute Gasteiger partial charge is 0.497 e. The summed E-state index contributed by atoms with van der Waals surface area (Å²) in [5.41, 5.74) is 1.80. The van der Waals surface area contributed by atoms with Crippen molar-refractivity contribution in [3.8, 4) is 5.75 Å². The summed E-state index contributed by atoms with van der Waals surface area (Å²) in [6, 6.07) is 7.88. The molecule has 6 heteroatoms. The minimum atomic E-state index is 0.345. The van der Waals surface area contributed by atoms with Gasteiger partial charge in [0.1, 0.15) is 5.75 Å². The normalized spacial score (nSPS) is 10.4. The van der Waals surface area contributed by atoms with E-state index in [-0.39, 0.29) is 0 Å². The molecule has 1 heterocycles. The Hall–Kier alpha value is -1.92. The summed E-state index contributed by atoms with van der Waals surface area (Å²) in [5.74, 6) is 0.827. The first kappa shape index (κ1) is 15.5. The van der Waals surface area contributed by atoms with Crippen molar-refractivity contribution in [2.75, 3.05) is 26.2 Å². The van der Waals surface area contributed by atoms with E-state index in [2.05, 4.69) is 4.98 Å². The van der Waals surface area contributed by atoms with E-state index >= 15 is 0 Å². The van der Waals surface area contributed by atoms with Crippen LogP contribution in [-0.2, 0) is 17.9 Å². The number of rotatable bonds is 7. The Labute approximate surface area is 128 Å². The Balaban J connectivity index is 2.15. The highest BCUT2D eigenvalue weighted by Gasteiger charge is 2.14. The summed E-state index contributed by atoms with van der Waals surface area (Å²) in [4.78, 5) is 18.1. The average Bonchev–Trinajstić information content (AvgIpc) is 2.91. The topological polar surface area (TPSA) is 51.7 Å². The van der Waals surface area contributed by atoms with Crippen LogP contribution in [0, 0.1) is 0 Å². The van der Waals surface area contributed by atoms with Crippen LogP contribution < -0.4 is 9.64 Å². The number of benzene rings is 1. The molecule has 0 saturated carbocycles. The second-order valence-electron chi connectivity index (χ2n) is 4.57. The van der Waals surface area contributed by atoms with E-state index in [1.165, 1.54) is 11.3 Å². The lowest BCUT2D eigenvalue weighted by molar-refractivity contribution is 0.112. The molecule has 2 rings (SSSR count). The fraction of sp³-hybridized carbons (Fsp3) is 0.333. The number of ether oxygens (including phenoxy) is 2. The summed E-state index contributed by atoms with van der Waals surface area (Å²) >= 11 is 1.37. The Kier molecular flexibility index (Phi) is 5.30. The Morgan fingerprint density at radius 1 is 1.38 bits per heavy atom. The molecule has 0 aliphatic heterocycles. The SMILES string of the molecule is COCc1nc(N(C)Cc2cccc(OC)c2)sc1C=O. The number of aromatic nitrogens is 1. The zero-order valence-corrected chi connectivity index (χ0v) is 13.1. The molecule has 0 atom stereocenters. The van der Waals surface area contributed by atoms with Gasteiger partial charge in [0.15, 0.2) is 11.4 Å². The third-order valence-corrected chi connectivity index (χ3v) is 4.12. The molecule has 0 saturated heterocycles. The van der Waals surface area contributed by atoms with E-state index in [0.717, 1.165) is 22.7 Å². The minimum absolute atomic E-state index is 0.345. The van der Waals surface area contributed by atoms with Crippen LogP contribution in [0.4, 0.5) is 5.13 Å². The summed E-state index contributed by atoms with van der Waals surface area (Å²) < 4.78 is 10.3. The van der Waals surface area contributed by atoms with Gasteiger partial charge in [-0.15, -0.1) is 0 Å². The highest BCUT2D eigenvalue weighted by molar-refractivity contribution is 7.17. The maximum Gasteiger partial charge on any atom is 0.186 e. The van der Waals surface area contributed by atoms with E-state index in [1.54, 1.807) is 14.2 Å². The monoisotopic (exact) mass is 306 g/mol. The lowest BCUT2D eigenvalue weighted by Gasteiger charge is -2.16. The van der Waals surface area contributed by atoms with Gasteiger partial charge in [0.25, 0.3) is 0 Å². The molecule has 0 aliphatic rings. The number of hydrogen-bond donors (Lipinski definition) is 0. The maximum atomic E-state index is 11.1. The van der Waals surface area contributed by atoms with Crippen LogP contribution >= 0.6 is 11.3 Å². The van der Waals surface area contributed by atoms with Gasteiger partial charge >= 0.3 is 0 Å². The molecular formula is C15H18N2O3S. The number of nitrogens with zero attached hydrogens (tertiary/aromatic N) is 2. The van der Waals surface area contributed by atoms with Gasteiger partial charge in [0.05, 0.1) is 24.3 Å². The number of anilines is 1. The second-order valence-corrected chi connectivity index (χ2v) is 5.57. The zero-order chi connectivity index (χ0) is 15.2. The molecule has 0 N–H and O–H groups in total. The van der Waals surface area contributed by atoms with Gasteiger partial charge in [-0.05, 0) is 17.7 Å². The Morgan fingerprint density at radius 3 is 2.86 bits per heavy atom. The highest BCUT2D eigenvalue weighted by Crippen LogP contribution is 2.26. The molecule has 0 aliphatic carbocycles. The van der Waals surface area contributed by atoms with Crippen molar-refractivity contribution < 1.29 is 14.3 Å². The number of hydrogen-bond acceptors (Lipinski definition) is 6. The van der Waals surface area contributed by atoms with Gasteiger partial charge < -0.3 is 14.4 Å². The predicted molar refractivity (Wildman–Crippen MR) is 83.3 cm³/mol. The average molecular weight is 306 g/mol. The van der Waals surface area contributed by atoms with Gasteiger partial charge in [-0.1, -0.05) is 23.5 Å². The molecule has 21 heavy (non-hydrogen) atoms. The summed E-state index contributed by atoms with van der Waals surface area (Å²) in [6.45, 7) is 1.03. The van der Waals surface area contributed by atoms with E-state index in [0.29, 0.717) is 23.7 Å². The standard InChI is InChI=1S/C15H18N2O3S/c1-17(8-11-5-4-6-12(7-11)20-3)15-16-13(10-19-2)14(9-18)21-15/h4-7,9H,8,10H2,1-3H3. The van der Waals surface area contributed by atoms with Crippen LogP contribution in [0.15, 0.2) is 24.3 Å². The molecule has 0 unspecified atom stereocenters. The molecular weight excluding hydrogens is 288 g/mol. The number of methoxy groups -OCH3 is 2. The number of carbonyl (C=O) groups is 1. The van der Waals surface area contributed by atoms with E-state index in [9.17, 15) is 4.79 Å². The van der Waals surface area contributed by atoms with E-state index < -0.39 is 0 Å². The summed E-state index contributed by atoms with van der Waals surface area (Å²) in [7, 11) is 5.19. The van der Waals surface area contributed by atoms with Crippen molar-refractivity contribution in [2.45, 2.75) is 13.2 Å². The molecule has 0 bridgehead atoms. The molecule has 0 spiro atoms. The van der Waals surface area contributed by atoms with Gasteiger partial charge in [0, 0.05) is 20.7 Å². The summed E-state index contributed by atoms with van der Waals surface area (Å²) in [6.07, 6.45) is 0.828. The maximum absolute atomic E-state index is 11.1. The van der Waals surface area contributed by atoms with E-state index in [4.69, 9.17) is 9.47 Å². The van der Waals surface area contributed by atoms with Crippen molar-refractivity contribution in [3.63, 3.8) is 0 Å². The van der Waals surface area contributed by atoms with Crippen molar-refractivity contribution in [1.82, 2.24) is 4.98 Å².